The Balaban J connectivity index is 2.04. The number of carbonyl (C=O) groups is 1. The second-order valence-electron chi connectivity index (χ2n) is 5.45. The van der Waals surface area contributed by atoms with Gasteiger partial charge in [-0.15, -0.1) is 6.42 Å². The summed E-state index contributed by atoms with van der Waals surface area (Å²) in [4.78, 5) is 12.0. The summed E-state index contributed by atoms with van der Waals surface area (Å²) in [5.74, 6) is 2.66. The first-order chi connectivity index (χ1) is 13.4. The number of nitrogens with one attached hydrogen (secondary N) is 2. The molecule has 0 heterocycles. The molecule has 2 rings (SSSR count). The molecule has 142 valence electrons. The van der Waals surface area contributed by atoms with Crippen LogP contribution in [0, 0.1) is 18.2 Å². The van der Waals surface area contributed by atoms with E-state index >= 15 is 0 Å². The van der Waals surface area contributed by atoms with Crippen LogP contribution >= 0.6 is 0 Å². The number of benzene rings is 2. The highest BCUT2D eigenvalue weighted by Gasteiger charge is 2.09. The number of carbonyl (C=O) groups excluding carboxylic acids is 1. The summed E-state index contributed by atoms with van der Waals surface area (Å²) < 4.78 is 18.6. The Hall–Kier alpha value is -4.18. The van der Waals surface area contributed by atoms with Crippen LogP contribution in [0.2, 0.25) is 0 Å². The molecule has 2 amide bonds. The fourth-order valence-electron chi connectivity index (χ4n) is 2.13. The van der Waals surface area contributed by atoms with E-state index in [0.29, 0.717) is 17.1 Å². The zero-order chi connectivity index (χ0) is 20.5. The van der Waals surface area contributed by atoms with Crippen molar-refractivity contribution in [2.75, 3.05) is 10.6 Å². The Labute approximate surface area is 162 Å². The lowest BCUT2D eigenvalue weighted by Gasteiger charge is -2.12. The molecule has 0 saturated carbocycles. The van der Waals surface area contributed by atoms with Crippen LogP contribution in [-0.4, -0.2) is 6.03 Å². The third kappa shape index (κ3) is 5.68. The fraction of sp³-hybridized carbons (Fsp3) is 0. The number of halogens is 1. The van der Waals surface area contributed by atoms with Crippen LogP contribution in [0.3, 0.4) is 0 Å². The first-order valence-electron chi connectivity index (χ1n) is 8.09. The molecule has 2 aromatic carbocycles. The van der Waals surface area contributed by atoms with Crippen LogP contribution in [0.1, 0.15) is 0 Å². The lowest BCUT2D eigenvalue weighted by atomic mass is 10.2. The maximum Gasteiger partial charge on any atom is 0.323 e. The van der Waals surface area contributed by atoms with Crippen LogP contribution in [-0.2, 0) is 0 Å². The van der Waals surface area contributed by atoms with Crippen molar-refractivity contribution in [1.29, 1.82) is 0 Å². The molecule has 0 fully saturated rings. The molecule has 0 aliphatic heterocycles. The highest BCUT2D eigenvalue weighted by Crippen LogP contribution is 2.21. The van der Waals surface area contributed by atoms with Crippen LogP contribution in [0.5, 0.6) is 5.75 Å². The highest BCUT2D eigenvalue weighted by atomic mass is 19.1. The molecule has 6 N–H and O–H groups in total. The average Bonchev–Trinajstić information content (AvgIpc) is 2.65. The van der Waals surface area contributed by atoms with Crippen LogP contribution < -0.4 is 26.8 Å². The van der Waals surface area contributed by atoms with Gasteiger partial charge in [0.1, 0.15) is 28.7 Å². The van der Waals surface area contributed by atoms with Crippen molar-refractivity contribution >= 4 is 17.4 Å². The summed E-state index contributed by atoms with van der Waals surface area (Å²) in [6.45, 7) is 3.60. The predicted octanol–water partition coefficient (Wildman–Crippen LogP) is 3.68. The van der Waals surface area contributed by atoms with Gasteiger partial charge in [-0.25, -0.2) is 9.18 Å². The largest absolute Gasteiger partial charge is 0.456 e. The molecule has 0 spiro atoms. The number of ether oxygens (including phenoxy) is 1. The van der Waals surface area contributed by atoms with E-state index in [1.54, 1.807) is 24.3 Å². The quantitative estimate of drug-likeness (QED) is 0.350. The van der Waals surface area contributed by atoms with E-state index in [-0.39, 0.29) is 23.0 Å². The Morgan fingerprint density at radius 2 is 1.61 bits per heavy atom. The maximum absolute atomic E-state index is 12.9. The number of hydrogen-bond donors (Lipinski definition) is 4. The van der Waals surface area contributed by atoms with E-state index in [2.05, 4.69) is 23.1 Å². The Morgan fingerprint density at radius 1 is 1.07 bits per heavy atom. The molecule has 7 heteroatoms. The third-order valence-corrected chi connectivity index (χ3v) is 3.39. The normalized spacial score (nSPS) is 10.4. The Kier molecular flexibility index (Phi) is 6.83. The number of anilines is 2. The molecule has 0 bridgehead atoms. The standard InChI is InChI=1S/C21H19FN4O2/c1-3-5-19(18(4-2)20(23)24)28-17-12-10-16(11-13-17)26-21(27)25-15-8-6-14(22)7-9-15/h2-3,5-13H,1,23-24H2,(H2,25,26,27)/b19-5+. The fourth-order valence-corrected chi connectivity index (χ4v) is 2.13. The summed E-state index contributed by atoms with van der Waals surface area (Å²) >= 11 is 0. The van der Waals surface area contributed by atoms with Crippen molar-refractivity contribution in [3.8, 4) is 18.1 Å². The van der Waals surface area contributed by atoms with Gasteiger partial charge < -0.3 is 26.8 Å². The SMILES string of the molecule is C#CC(=C(N)N)/C(=C\C=C)Oc1ccc(NC(=O)Nc2ccc(F)cc2)cc1. The van der Waals surface area contributed by atoms with E-state index in [1.807, 2.05) is 0 Å². The molecule has 28 heavy (non-hydrogen) atoms. The molecule has 0 atom stereocenters. The van der Waals surface area contributed by atoms with Crippen molar-refractivity contribution in [1.82, 2.24) is 0 Å². The molecule has 0 saturated heterocycles. The summed E-state index contributed by atoms with van der Waals surface area (Å²) in [5, 5.41) is 5.24. The van der Waals surface area contributed by atoms with Gasteiger partial charge in [0, 0.05) is 11.4 Å². The second kappa shape index (κ2) is 9.50. The van der Waals surface area contributed by atoms with E-state index in [1.165, 1.54) is 36.4 Å². The number of amides is 2. The van der Waals surface area contributed by atoms with E-state index in [0.717, 1.165) is 0 Å². The lowest BCUT2D eigenvalue weighted by Crippen LogP contribution is -2.19. The van der Waals surface area contributed by atoms with Gasteiger partial charge in [-0.3, -0.25) is 0 Å². The predicted molar refractivity (Wildman–Crippen MR) is 109 cm³/mol. The molecule has 0 aliphatic rings. The summed E-state index contributed by atoms with van der Waals surface area (Å²) in [7, 11) is 0. The number of allylic oxidation sites excluding steroid dienone is 3. The lowest BCUT2D eigenvalue weighted by molar-refractivity contribution is 0.262. The van der Waals surface area contributed by atoms with Crippen LogP contribution in [0.15, 0.2) is 84.4 Å². The van der Waals surface area contributed by atoms with Gasteiger partial charge in [0.15, 0.2) is 0 Å². The van der Waals surface area contributed by atoms with Gasteiger partial charge in [-0.05, 0) is 54.6 Å². The zero-order valence-electron chi connectivity index (χ0n) is 14.9. The van der Waals surface area contributed by atoms with Crippen molar-refractivity contribution in [3.63, 3.8) is 0 Å². The highest BCUT2D eigenvalue weighted by molar-refractivity contribution is 5.99. The number of rotatable bonds is 6. The summed E-state index contributed by atoms with van der Waals surface area (Å²) in [5.41, 5.74) is 12.3. The van der Waals surface area contributed by atoms with Gasteiger partial charge in [0.05, 0.1) is 0 Å². The number of nitrogens with two attached hydrogens (primary N) is 2. The van der Waals surface area contributed by atoms with E-state index in [9.17, 15) is 9.18 Å². The van der Waals surface area contributed by atoms with Gasteiger partial charge in [0.25, 0.3) is 0 Å². The monoisotopic (exact) mass is 378 g/mol. The average molecular weight is 378 g/mol. The molecule has 0 radical (unpaired) electrons. The smallest absolute Gasteiger partial charge is 0.323 e. The topological polar surface area (TPSA) is 102 Å². The molecular weight excluding hydrogens is 359 g/mol. The summed E-state index contributed by atoms with van der Waals surface area (Å²) in [6, 6.07) is 11.5. The van der Waals surface area contributed by atoms with Crippen molar-refractivity contribution in [2.24, 2.45) is 11.5 Å². The Morgan fingerprint density at radius 3 is 2.07 bits per heavy atom. The van der Waals surface area contributed by atoms with Gasteiger partial charge >= 0.3 is 6.03 Å². The number of terminal acetylenes is 1. The molecular formula is C21H19FN4O2. The van der Waals surface area contributed by atoms with Crippen molar-refractivity contribution in [3.05, 3.63) is 90.2 Å². The van der Waals surface area contributed by atoms with Crippen LogP contribution in [0.25, 0.3) is 0 Å². The minimum atomic E-state index is -0.471. The minimum Gasteiger partial charge on any atom is -0.456 e. The second-order valence-corrected chi connectivity index (χ2v) is 5.45. The molecule has 6 nitrogen and oxygen atoms in total. The summed E-state index contributed by atoms with van der Waals surface area (Å²) in [6.07, 6.45) is 8.44. The number of urea groups is 1. The van der Waals surface area contributed by atoms with Gasteiger partial charge in [-0.1, -0.05) is 18.6 Å². The van der Waals surface area contributed by atoms with Crippen molar-refractivity contribution < 1.29 is 13.9 Å². The maximum atomic E-state index is 12.9. The molecule has 0 unspecified atom stereocenters. The minimum absolute atomic E-state index is 0.0497. The van der Waals surface area contributed by atoms with Gasteiger partial charge in [-0.2, -0.15) is 0 Å². The molecule has 0 aromatic heterocycles. The number of hydrogen-bond acceptors (Lipinski definition) is 4. The van der Waals surface area contributed by atoms with Crippen molar-refractivity contribution in [2.45, 2.75) is 0 Å². The van der Waals surface area contributed by atoms with E-state index < -0.39 is 6.03 Å². The first kappa shape index (κ1) is 20.1. The van der Waals surface area contributed by atoms with E-state index in [4.69, 9.17) is 22.6 Å². The first-order valence-corrected chi connectivity index (χ1v) is 8.09. The molecule has 2 aromatic rings. The Bertz CT molecular complexity index is 951. The third-order valence-electron chi connectivity index (χ3n) is 3.39. The van der Waals surface area contributed by atoms with Crippen LogP contribution in [0.4, 0.5) is 20.6 Å². The molecule has 0 aliphatic carbocycles. The van der Waals surface area contributed by atoms with Gasteiger partial charge in [0.2, 0.25) is 0 Å². The zero-order valence-corrected chi connectivity index (χ0v) is 14.9.